The van der Waals surface area contributed by atoms with Crippen LogP contribution in [0, 0.1) is 11.8 Å². The van der Waals surface area contributed by atoms with Gasteiger partial charge in [0.2, 0.25) is 0 Å². The number of likely N-dealkylation sites (N-methyl/N-ethyl adjacent to an activating group) is 1. The smallest absolute Gasteiger partial charge is 0.255 e. The molecule has 7 heteroatoms. The highest BCUT2D eigenvalue weighted by Gasteiger charge is 2.14. The van der Waals surface area contributed by atoms with Gasteiger partial charge in [0.15, 0.2) is 5.65 Å². The number of piperazine rings is 1. The molecule has 3 heterocycles. The highest BCUT2D eigenvalue weighted by atomic mass is 16.1. The van der Waals surface area contributed by atoms with Crippen LogP contribution in [-0.2, 0) is 6.54 Å². The molecule has 0 atom stereocenters. The monoisotopic (exact) mass is 540 g/mol. The summed E-state index contributed by atoms with van der Waals surface area (Å²) in [5, 5.41) is 7.26. The van der Waals surface area contributed by atoms with Gasteiger partial charge in [-0.05, 0) is 61.0 Å². The molecule has 2 aromatic heterocycles. The van der Waals surface area contributed by atoms with Gasteiger partial charge in [0, 0.05) is 55.7 Å². The number of carbonyl (C=O) groups is 1. The first kappa shape index (κ1) is 32.2. The minimum Gasteiger partial charge on any atom is -0.322 e. The summed E-state index contributed by atoms with van der Waals surface area (Å²) in [6.45, 7) is 17.3. The highest BCUT2D eigenvalue weighted by molar-refractivity contribution is 6.04. The fourth-order valence-corrected chi connectivity index (χ4v) is 3.95. The number of fused-ring (bicyclic) bond motifs is 1. The van der Waals surface area contributed by atoms with Crippen LogP contribution in [-0.4, -0.2) is 63.5 Å². The van der Waals surface area contributed by atoms with Crippen LogP contribution < -0.4 is 5.32 Å². The van der Waals surface area contributed by atoms with E-state index in [0.717, 1.165) is 49.6 Å². The van der Waals surface area contributed by atoms with Gasteiger partial charge in [0.25, 0.3) is 5.91 Å². The predicted octanol–water partition coefficient (Wildman–Crippen LogP) is 6.21. The van der Waals surface area contributed by atoms with Crippen LogP contribution in [0.1, 0.15) is 68.7 Å². The van der Waals surface area contributed by atoms with Crippen molar-refractivity contribution in [2.75, 3.05) is 38.5 Å². The maximum absolute atomic E-state index is 12.8. The maximum atomic E-state index is 12.8. The highest BCUT2D eigenvalue weighted by Crippen LogP contribution is 2.15. The number of imidazole rings is 1. The minimum absolute atomic E-state index is 0.160. The number of carbonyl (C=O) groups excluding carboxylic acids is 1. The number of nitrogens with zero attached hydrogens (tertiary/aromatic N) is 5. The molecule has 1 aliphatic rings. The topological polar surface area (TPSA) is 65.8 Å². The van der Waals surface area contributed by atoms with Gasteiger partial charge < -0.3 is 10.2 Å². The molecule has 5 rings (SSSR count). The lowest BCUT2D eigenvalue weighted by atomic mass is 10.1. The molecular weight excluding hydrogens is 496 g/mol. The zero-order valence-electron chi connectivity index (χ0n) is 25.1. The number of anilines is 1. The Kier molecular flexibility index (Phi) is 14.2. The number of nitrogens with one attached hydrogen (secondary N) is 1. The Hall–Kier alpha value is -3.99. The van der Waals surface area contributed by atoms with Crippen molar-refractivity contribution in [3.63, 3.8) is 0 Å². The molecule has 0 bridgehead atoms. The number of rotatable bonds is 4. The Morgan fingerprint density at radius 2 is 1.57 bits per heavy atom. The summed E-state index contributed by atoms with van der Waals surface area (Å²) >= 11 is 0. The first-order chi connectivity index (χ1) is 19.6. The van der Waals surface area contributed by atoms with E-state index in [1.54, 1.807) is 29.0 Å². The third kappa shape index (κ3) is 9.33. The normalized spacial score (nSPS) is 12.8. The van der Waals surface area contributed by atoms with E-state index < -0.39 is 0 Å². The Balaban J connectivity index is 0.000000876. The molecule has 212 valence electrons. The Bertz CT molecular complexity index is 1360. The summed E-state index contributed by atoms with van der Waals surface area (Å²) in [4.78, 5) is 21.9. The van der Waals surface area contributed by atoms with E-state index in [0.29, 0.717) is 11.3 Å². The van der Waals surface area contributed by atoms with E-state index in [1.165, 1.54) is 5.56 Å². The summed E-state index contributed by atoms with van der Waals surface area (Å²) in [7, 11) is 2.16. The third-order valence-electron chi connectivity index (χ3n) is 5.95. The summed E-state index contributed by atoms with van der Waals surface area (Å²) < 4.78 is 1.69. The average molecular weight is 541 g/mol. The van der Waals surface area contributed by atoms with Crippen molar-refractivity contribution in [2.45, 2.75) is 48.1 Å². The molecule has 0 saturated carbocycles. The number of benzene rings is 2. The maximum Gasteiger partial charge on any atom is 0.255 e. The van der Waals surface area contributed by atoms with Gasteiger partial charge in [-0.2, -0.15) is 5.10 Å². The molecule has 1 aliphatic heterocycles. The van der Waals surface area contributed by atoms with Crippen molar-refractivity contribution < 1.29 is 4.79 Å². The quantitative estimate of drug-likeness (QED) is 0.312. The van der Waals surface area contributed by atoms with E-state index in [2.05, 4.69) is 56.2 Å². The van der Waals surface area contributed by atoms with Gasteiger partial charge >= 0.3 is 0 Å². The average Bonchev–Trinajstić information content (AvgIpc) is 3.44. The van der Waals surface area contributed by atoms with Crippen LogP contribution >= 0.6 is 0 Å². The number of hydrogen-bond acceptors (Lipinski definition) is 5. The van der Waals surface area contributed by atoms with Crippen molar-refractivity contribution >= 4 is 17.2 Å². The van der Waals surface area contributed by atoms with Crippen LogP contribution in [0.15, 0.2) is 73.1 Å². The van der Waals surface area contributed by atoms with E-state index in [4.69, 9.17) is 0 Å². The molecule has 1 saturated heterocycles. The molecule has 0 aliphatic carbocycles. The lowest BCUT2D eigenvalue weighted by Gasteiger charge is -2.32. The van der Waals surface area contributed by atoms with Gasteiger partial charge in [-0.1, -0.05) is 65.7 Å². The molecule has 0 radical (unpaired) electrons. The molecule has 0 spiro atoms. The molecule has 2 aromatic carbocycles. The van der Waals surface area contributed by atoms with Gasteiger partial charge in [0.1, 0.15) is 5.69 Å². The second-order valence-electron chi connectivity index (χ2n) is 8.50. The molecule has 1 N–H and O–H groups in total. The van der Waals surface area contributed by atoms with Crippen molar-refractivity contribution in [3.05, 3.63) is 95.4 Å². The first-order valence-corrected chi connectivity index (χ1v) is 14.4. The van der Waals surface area contributed by atoms with Gasteiger partial charge in [-0.15, -0.1) is 0 Å². The first-order valence-electron chi connectivity index (χ1n) is 14.4. The predicted molar refractivity (Wildman–Crippen MR) is 167 cm³/mol. The van der Waals surface area contributed by atoms with E-state index in [-0.39, 0.29) is 5.91 Å². The SMILES string of the molecule is CC.CC.CC.CN1CCN(Cc2ccc(NC(=O)c3cccc(C#Cc4cnc5cccnn45)c3)cc2)CC1. The fraction of sp³-hybridized carbons (Fsp3) is 0.364. The molecule has 1 amide bonds. The van der Waals surface area contributed by atoms with Gasteiger partial charge in [-0.3, -0.25) is 9.69 Å². The second kappa shape index (κ2) is 17.6. The zero-order chi connectivity index (χ0) is 29.3. The van der Waals surface area contributed by atoms with E-state index in [1.807, 2.05) is 77.9 Å². The summed E-state index contributed by atoms with van der Waals surface area (Å²) in [6, 6.07) is 19.1. The lowest BCUT2D eigenvalue weighted by molar-refractivity contribution is 0.102. The zero-order valence-corrected chi connectivity index (χ0v) is 25.1. The van der Waals surface area contributed by atoms with Gasteiger partial charge in [0.05, 0.1) is 6.20 Å². The summed E-state index contributed by atoms with van der Waals surface area (Å²) in [6.07, 6.45) is 3.39. The van der Waals surface area contributed by atoms with Crippen molar-refractivity contribution in [1.82, 2.24) is 24.4 Å². The van der Waals surface area contributed by atoms with Crippen LogP contribution in [0.5, 0.6) is 0 Å². The van der Waals surface area contributed by atoms with Crippen LogP contribution in [0.25, 0.3) is 5.65 Å². The standard InChI is InChI=1S/C27H26N6O.3C2H6/c1-31-14-16-32(17-15-31)20-22-7-10-24(11-8-22)30-27(34)23-5-2-4-21(18-23)9-12-25-19-28-26-6-3-13-29-33(25)26;3*1-2/h2-8,10-11,13,18-19H,14-17,20H2,1H3,(H,30,34);3*1-2H3. The Morgan fingerprint density at radius 1 is 0.875 bits per heavy atom. The lowest BCUT2D eigenvalue weighted by Crippen LogP contribution is -2.43. The van der Waals surface area contributed by atoms with Crippen LogP contribution in [0.2, 0.25) is 0 Å². The molecule has 0 unspecified atom stereocenters. The van der Waals surface area contributed by atoms with Crippen molar-refractivity contribution in [3.8, 4) is 11.8 Å². The van der Waals surface area contributed by atoms with E-state index >= 15 is 0 Å². The third-order valence-corrected chi connectivity index (χ3v) is 5.95. The Morgan fingerprint density at radius 3 is 2.27 bits per heavy atom. The number of amides is 1. The molecule has 4 aromatic rings. The Labute approximate surface area is 240 Å². The summed E-state index contributed by atoms with van der Waals surface area (Å²) in [5.74, 6) is 6.04. The minimum atomic E-state index is -0.160. The largest absolute Gasteiger partial charge is 0.322 e. The van der Waals surface area contributed by atoms with Crippen LogP contribution in [0.3, 0.4) is 0 Å². The number of aromatic nitrogens is 3. The fourth-order valence-electron chi connectivity index (χ4n) is 3.95. The molecule has 7 nitrogen and oxygen atoms in total. The molecular formula is C33H44N6O. The van der Waals surface area contributed by atoms with Crippen molar-refractivity contribution in [2.24, 2.45) is 0 Å². The summed E-state index contributed by atoms with van der Waals surface area (Å²) in [5.41, 5.74) is 4.78. The number of hydrogen-bond donors (Lipinski definition) is 1. The molecule has 40 heavy (non-hydrogen) atoms. The van der Waals surface area contributed by atoms with E-state index in [9.17, 15) is 4.79 Å². The van der Waals surface area contributed by atoms with Gasteiger partial charge in [-0.25, -0.2) is 9.50 Å². The van der Waals surface area contributed by atoms with Crippen LogP contribution in [0.4, 0.5) is 5.69 Å². The second-order valence-corrected chi connectivity index (χ2v) is 8.50. The molecule has 1 fully saturated rings. The van der Waals surface area contributed by atoms with Crippen molar-refractivity contribution in [1.29, 1.82) is 0 Å².